The second-order valence-electron chi connectivity index (χ2n) is 7.97. The number of hydrogen-bond acceptors (Lipinski definition) is 3. The minimum atomic E-state index is -0.0826. The molecule has 0 bridgehead atoms. The lowest BCUT2D eigenvalue weighted by Crippen LogP contribution is -2.38. The van der Waals surface area contributed by atoms with Crippen LogP contribution in [-0.4, -0.2) is 37.9 Å². The molecule has 1 aliphatic rings. The smallest absolute Gasteiger partial charge is 0.251 e. The van der Waals surface area contributed by atoms with Gasteiger partial charge in [-0.1, -0.05) is 30.7 Å². The summed E-state index contributed by atoms with van der Waals surface area (Å²) in [7, 11) is 1.63. The number of carbonyl (C=O) groups is 2. The van der Waals surface area contributed by atoms with E-state index in [1.807, 2.05) is 55.5 Å². The molecule has 178 valence electrons. The van der Waals surface area contributed by atoms with Crippen LogP contribution >= 0.6 is 24.0 Å². The summed E-state index contributed by atoms with van der Waals surface area (Å²) in [6.45, 7) is 3.99. The van der Waals surface area contributed by atoms with Gasteiger partial charge < -0.3 is 21.3 Å². The summed E-state index contributed by atoms with van der Waals surface area (Å²) in [5.74, 6) is 0.936. The van der Waals surface area contributed by atoms with Crippen LogP contribution < -0.4 is 21.3 Å². The predicted octanol–water partition coefficient (Wildman–Crippen LogP) is 3.70. The van der Waals surface area contributed by atoms with Gasteiger partial charge in [-0.25, -0.2) is 4.99 Å². The number of anilines is 1. The average molecular weight is 563 g/mol. The predicted molar refractivity (Wildman–Crippen MR) is 144 cm³/mol. The molecule has 0 aromatic heterocycles. The Kier molecular flexibility index (Phi) is 11.2. The minimum Gasteiger partial charge on any atom is -0.357 e. The molecule has 0 atom stereocenters. The molecule has 2 aromatic rings. The van der Waals surface area contributed by atoms with Crippen LogP contribution in [0.1, 0.15) is 47.7 Å². The first kappa shape index (κ1) is 26.6. The molecule has 4 N–H and O–H groups in total. The molecule has 1 fully saturated rings. The number of amides is 2. The van der Waals surface area contributed by atoms with Crippen LogP contribution in [0.15, 0.2) is 53.5 Å². The third-order valence-corrected chi connectivity index (χ3v) is 5.56. The lowest BCUT2D eigenvalue weighted by molar-refractivity contribution is -0.122. The van der Waals surface area contributed by atoms with E-state index in [1.165, 1.54) is 0 Å². The lowest BCUT2D eigenvalue weighted by atomic mass is 9.85. The van der Waals surface area contributed by atoms with Gasteiger partial charge in [0.25, 0.3) is 5.91 Å². The number of rotatable bonds is 9. The van der Waals surface area contributed by atoms with Gasteiger partial charge in [0.15, 0.2) is 5.96 Å². The second kappa shape index (κ2) is 13.8. The maximum absolute atomic E-state index is 12.2. The zero-order chi connectivity index (χ0) is 22.8. The standard InChI is InChI=1S/C25H33N5O2.HI/c1-3-27-25(28-14-13-18-7-4-11-21(15-18)23(31)26-2)29-17-19-8-5-12-22(16-19)30-24(32)20-9-6-10-20;/h4-5,7-8,11-12,15-16,20H,3,6,9-10,13-14,17H2,1-2H3,(H,26,31)(H,30,32)(H2,27,28,29);1H. The number of nitrogens with zero attached hydrogens (tertiary/aromatic N) is 1. The van der Waals surface area contributed by atoms with E-state index in [4.69, 9.17) is 0 Å². The summed E-state index contributed by atoms with van der Waals surface area (Å²) < 4.78 is 0. The van der Waals surface area contributed by atoms with Crippen LogP contribution in [0.2, 0.25) is 0 Å². The number of nitrogens with one attached hydrogen (secondary N) is 4. The Labute approximate surface area is 213 Å². The highest BCUT2D eigenvalue weighted by Gasteiger charge is 2.25. The average Bonchev–Trinajstić information content (AvgIpc) is 2.76. The van der Waals surface area contributed by atoms with Crippen LogP contribution in [0.3, 0.4) is 0 Å². The minimum absolute atomic E-state index is 0. The Morgan fingerprint density at radius 1 is 1.03 bits per heavy atom. The molecule has 1 saturated carbocycles. The van der Waals surface area contributed by atoms with Gasteiger partial charge in [-0.3, -0.25) is 9.59 Å². The van der Waals surface area contributed by atoms with Gasteiger partial charge in [0, 0.05) is 37.3 Å². The summed E-state index contributed by atoms with van der Waals surface area (Å²) in [6, 6.07) is 15.5. The van der Waals surface area contributed by atoms with Crippen LogP contribution in [0.5, 0.6) is 0 Å². The molecule has 0 spiro atoms. The molecule has 0 saturated heterocycles. The Morgan fingerprint density at radius 2 is 1.79 bits per heavy atom. The third-order valence-electron chi connectivity index (χ3n) is 5.56. The van der Waals surface area contributed by atoms with Crippen molar-refractivity contribution in [3.63, 3.8) is 0 Å². The maximum atomic E-state index is 12.2. The normalized spacial score (nSPS) is 13.3. The van der Waals surface area contributed by atoms with Crippen LogP contribution in [0.25, 0.3) is 0 Å². The van der Waals surface area contributed by atoms with Gasteiger partial charge in [0.2, 0.25) is 5.91 Å². The summed E-state index contributed by atoms with van der Waals surface area (Å²) in [4.78, 5) is 28.7. The van der Waals surface area contributed by atoms with Crippen LogP contribution in [0, 0.1) is 5.92 Å². The number of aliphatic imine (C=N–C) groups is 1. The SMILES string of the molecule is CCNC(=NCc1cccc(NC(=O)C2CCC2)c1)NCCc1cccc(C(=O)NC)c1.I. The first-order valence-corrected chi connectivity index (χ1v) is 11.3. The van der Waals surface area contributed by atoms with E-state index >= 15 is 0 Å². The molecular formula is C25H34IN5O2. The first-order chi connectivity index (χ1) is 15.6. The van der Waals surface area contributed by atoms with Crippen molar-refractivity contribution >= 4 is 47.4 Å². The Balaban J connectivity index is 0.00000385. The number of benzene rings is 2. The fourth-order valence-corrected chi connectivity index (χ4v) is 3.51. The zero-order valence-electron chi connectivity index (χ0n) is 19.3. The van der Waals surface area contributed by atoms with Crippen molar-refractivity contribution in [3.05, 3.63) is 65.2 Å². The number of guanidine groups is 1. The largest absolute Gasteiger partial charge is 0.357 e. The molecule has 7 nitrogen and oxygen atoms in total. The lowest BCUT2D eigenvalue weighted by Gasteiger charge is -2.24. The Hall–Kier alpha value is -2.62. The topological polar surface area (TPSA) is 94.6 Å². The highest BCUT2D eigenvalue weighted by Crippen LogP contribution is 2.27. The van der Waals surface area contributed by atoms with E-state index in [0.717, 1.165) is 55.0 Å². The van der Waals surface area contributed by atoms with E-state index in [1.54, 1.807) is 7.05 Å². The van der Waals surface area contributed by atoms with Crippen LogP contribution in [-0.2, 0) is 17.8 Å². The summed E-state index contributed by atoms with van der Waals surface area (Å²) >= 11 is 0. The monoisotopic (exact) mass is 563 g/mol. The van der Waals surface area contributed by atoms with Gasteiger partial charge in [0.05, 0.1) is 6.54 Å². The molecule has 3 rings (SSSR count). The molecule has 0 unspecified atom stereocenters. The van der Waals surface area contributed by atoms with Crippen molar-refractivity contribution in [2.75, 3.05) is 25.5 Å². The van der Waals surface area contributed by atoms with E-state index in [9.17, 15) is 9.59 Å². The van der Waals surface area contributed by atoms with Crippen LogP contribution in [0.4, 0.5) is 5.69 Å². The molecule has 0 radical (unpaired) electrons. The molecule has 2 amide bonds. The molecule has 33 heavy (non-hydrogen) atoms. The second-order valence-corrected chi connectivity index (χ2v) is 7.97. The summed E-state index contributed by atoms with van der Waals surface area (Å²) in [5.41, 5.74) is 3.61. The molecule has 8 heteroatoms. The van der Waals surface area contributed by atoms with Gasteiger partial charge >= 0.3 is 0 Å². The molecule has 1 aliphatic carbocycles. The number of carbonyl (C=O) groups excluding carboxylic acids is 2. The van der Waals surface area contributed by atoms with Crippen molar-refractivity contribution in [2.24, 2.45) is 10.9 Å². The molecule has 0 heterocycles. The van der Waals surface area contributed by atoms with Crippen molar-refractivity contribution in [1.29, 1.82) is 0 Å². The fourth-order valence-electron chi connectivity index (χ4n) is 3.51. The Morgan fingerprint density at radius 3 is 2.48 bits per heavy atom. The molecular weight excluding hydrogens is 529 g/mol. The van der Waals surface area contributed by atoms with Gasteiger partial charge in [-0.15, -0.1) is 24.0 Å². The van der Waals surface area contributed by atoms with Crippen molar-refractivity contribution in [2.45, 2.75) is 39.2 Å². The van der Waals surface area contributed by atoms with E-state index in [-0.39, 0.29) is 41.7 Å². The molecule has 0 aliphatic heterocycles. The summed E-state index contributed by atoms with van der Waals surface area (Å²) in [5, 5.41) is 12.3. The van der Waals surface area contributed by atoms with Gasteiger partial charge in [0.1, 0.15) is 0 Å². The van der Waals surface area contributed by atoms with Crippen molar-refractivity contribution in [3.8, 4) is 0 Å². The summed E-state index contributed by atoms with van der Waals surface area (Å²) in [6.07, 6.45) is 3.90. The van der Waals surface area contributed by atoms with E-state index < -0.39 is 0 Å². The van der Waals surface area contributed by atoms with E-state index in [2.05, 4.69) is 26.3 Å². The number of hydrogen-bond donors (Lipinski definition) is 4. The molecule has 2 aromatic carbocycles. The Bertz CT molecular complexity index is 959. The fraction of sp³-hybridized carbons (Fsp3) is 0.400. The first-order valence-electron chi connectivity index (χ1n) is 11.3. The third kappa shape index (κ3) is 8.34. The van der Waals surface area contributed by atoms with Gasteiger partial charge in [-0.05, 0) is 61.6 Å². The zero-order valence-corrected chi connectivity index (χ0v) is 21.6. The highest BCUT2D eigenvalue weighted by molar-refractivity contribution is 14.0. The van der Waals surface area contributed by atoms with Crippen molar-refractivity contribution in [1.82, 2.24) is 16.0 Å². The van der Waals surface area contributed by atoms with Crippen molar-refractivity contribution < 1.29 is 9.59 Å². The number of halogens is 1. The van der Waals surface area contributed by atoms with E-state index in [0.29, 0.717) is 18.7 Å². The maximum Gasteiger partial charge on any atom is 0.251 e. The highest BCUT2D eigenvalue weighted by atomic mass is 127. The van der Waals surface area contributed by atoms with Gasteiger partial charge in [-0.2, -0.15) is 0 Å². The quantitative estimate of drug-likeness (QED) is 0.213.